The predicted molar refractivity (Wildman–Crippen MR) is 53.9 cm³/mol. The van der Waals surface area contributed by atoms with Gasteiger partial charge in [0.2, 0.25) is 0 Å². The maximum Gasteiger partial charge on any atom is 1.00 e. The Bertz CT molecular complexity index is 170. The van der Waals surface area contributed by atoms with Crippen molar-refractivity contribution in [3.63, 3.8) is 0 Å². The fourth-order valence-electron chi connectivity index (χ4n) is 0.325. The van der Waals surface area contributed by atoms with Crippen LogP contribution < -0.4 is 29.6 Å². The van der Waals surface area contributed by atoms with E-state index >= 15 is 0 Å². The molecule has 0 saturated carbocycles. The van der Waals surface area contributed by atoms with Gasteiger partial charge in [-0.15, -0.1) is 13.2 Å². The molecule has 0 atom stereocenters. The average Bonchev–Trinajstić information content (AvgIpc) is 1.97. The molecule has 64 valence electrons. The molecule has 0 radical (unpaired) electrons. The summed E-state index contributed by atoms with van der Waals surface area (Å²) in [6.07, 6.45) is 3.18. The Kier molecular flexibility index (Phi) is 11.9. The molecule has 0 aromatic carbocycles. The predicted octanol–water partition coefficient (Wildman–Crippen LogP) is -0.833. The van der Waals surface area contributed by atoms with Crippen molar-refractivity contribution in [2.45, 2.75) is 0 Å². The van der Waals surface area contributed by atoms with Gasteiger partial charge in [-0.25, -0.2) is 0 Å². The summed E-state index contributed by atoms with van der Waals surface area (Å²) in [6, 6.07) is 0. The van der Waals surface area contributed by atoms with Crippen molar-refractivity contribution >= 4 is 29.7 Å². The molecule has 0 heterocycles. The van der Waals surface area contributed by atoms with Gasteiger partial charge in [-0.2, -0.15) is 0 Å². The standard InChI is InChI=1S/C6H11O2PS2.Na/c1-3-5-7-9(10,11)8-6-4-2;/h3-4H,1-2,5-6H2,(H,10,11);/q;+1/p-1. The van der Waals surface area contributed by atoms with E-state index in [0.717, 1.165) is 0 Å². The third-order valence-corrected chi connectivity index (χ3v) is 2.90. The van der Waals surface area contributed by atoms with Gasteiger partial charge in [0, 0.05) is 0 Å². The van der Waals surface area contributed by atoms with E-state index in [9.17, 15) is 0 Å². The molecule has 0 aromatic rings. The zero-order chi connectivity index (χ0) is 8.74. The number of hydrogen-bond donors (Lipinski definition) is 0. The molecule has 0 spiro atoms. The fourth-order valence-corrected chi connectivity index (χ4v) is 1.71. The molecule has 0 amide bonds. The molecule has 2 nitrogen and oxygen atoms in total. The first-order valence-corrected chi connectivity index (χ1v) is 6.59. The first kappa shape index (κ1) is 15.9. The molecule has 0 fully saturated rings. The second kappa shape index (κ2) is 8.97. The summed E-state index contributed by atoms with van der Waals surface area (Å²) >= 11 is 9.72. The van der Waals surface area contributed by atoms with Crippen LogP contribution in [0.1, 0.15) is 0 Å². The Balaban J connectivity index is 0. The van der Waals surface area contributed by atoms with Gasteiger partial charge in [0.05, 0.1) is 18.9 Å². The van der Waals surface area contributed by atoms with E-state index in [4.69, 9.17) is 33.1 Å². The first-order valence-electron chi connectivity index (χ1n) is 2.94. The minimum atomic E-state index is -2.45. The molecule has 0 N–H and O–H groups in total. The second-order valence-electron chi connectivity index (χ2n) is 1.62. The van der Waals surface area contributed by atoms with Crippen LogP contribution >= 0.6 is 5.69 Å². The molecule has 0 aliphatic rings. The van der Waals surface area contributed by atoms with Gasteiger partial charge in [-0.3, -0.25) is 0 Å². The van der Waals surface area contributed by atoms with Gasteiger partial charge in [0.25, 0.3) is 0 Å². The Morgan fingerprint density at radius 1 is 1.25 bits per heavy atom. The van der Waals surface area contributed by atoms with Gasteiger partial charge < -0.3 is 21.3 Å². The van der Waals surface area contributed by atoms with Crippen LogP contribution in [0.3, 0.4) is 0 Å². The number of rotatable bonds is 6. The summed E-state index contributed by atoms with van der Waals surface area (Å²) in [4.78, 5) is 0. The van der Waals surface area contributed by atoms with Crippen molar-refractivity contribution in [2.24, 2.45) is 0 Å². The van der Waals surface area contributed by atoms with E-state index in [1.807, 2.05) is 0 Å². The molecule has 0 aromatic heterocycles. The Morgan fingerprint density at radius 3 is 1.83 bits per heavy atom. The third kappa shape index (κ3) is 9.49. The third-order valence-electron chi connectivity index (χ3n) is 0.701. The van der Waals surface area contributed by atoms with E-state index in [1.165, 1.54) is 0 Å². The van der Waals surface area contributed by atoms with Crippen molar-refractivity contribution in [1.82, 2.24) is 0 Å². The van der Waals surface area contributed by atoms with E-state index in [0.29, 0.717) is 13.2 Å². The van der Waals surface area contributed by atoms with Crippen LogP contribution in [-0.4, -0.2) is 13.2 Å². The summed E-state index contributed by atoms with van der Waals surface area (Å²) in [7, 11) is 0. The normalized spacial score (nSPS) is 10.1. The Morgan fingerprint density at radius 2 is 1.58 bits per heavy atom. The van der Waals surface area contributed by atoms with E-state index < -0.39 is 5.69 Å². The van der Waals surface area contributed by atoms with Crippen LogP contribution in [0.4, 0.5) is 0 Å². The zero-order valence-corrected chi connectivity index (χ0v) is 11.6. The van der Waals surface area contributed by atoms with Crippen LogP contribution in [0.15, 0.2) is 25.3 Å². The van der Waals surface area contributed by atoms with Crippen LogP contribution in [0.25, 0.3) is 0 Å². The minimum absolute atomic E-state index is 0. The smallest absolute Gasteiger partial charge is 0.691 e. The molecular weight excluding hydrogens is 222 g/mol. The first-order chi connectivity index (χ1) is 5.12. The van der Waals surface area contributed by atoms with Gasteiger partial charge >= 0.3 is 29.6 Å². The van der Waals surface area contributed by atoms with Crippen molar-refractivity contribution < 1.29 is 38.6 Å². The van der Waals surface area contributed by atoms with Crippen LogP contribution in [0.5, 0.6) is 0 Å². The topological polar surface area (TPSA) is 18.5 Å². The van der Waals surface area contributed by atoms with Gasteiger partial charge in [0.1, 0.15) is 0 Å². The molecule has 6 heteroatoms. The van der Waals surface area contributed by atoms with Crippen LogP contribution in [-0.2, 0) is 33.1 Å². The SMILES string of the molecule is C=CCOP(=S)([S-])OCC=C.[Na+]. The van der Waals surface area contributed by atoms with Crippen molar-refractivity contribution in [3.05, 3.63) is 25.3 Å². The summed E-state index contributed by atoms with van der Waals surface area (Å²) in [5, 5.41) is 0. The minimum Gasteiger partial charge on any atom is -0.691 e. The average molecular weight is 232 g/mol. The molecule has 0 bridgehead atoms. The quantitative estimate of drug-likeness (QED) is 0.257. The summed E-state index contributed by atoms with van der Waals surface area (Å²) in [5.74, 6) is 0. The largest absolute Gasteiger partial charge is 1.00 e. The molecular formula is C6H10NaO2PS2. The number of hydrogen-bond acceptors (Lipinski definition) is 4. The van der Waals surface area contributed by atoms with E-state index in [2.05, 4.69) is 13.2 Å². The summed E-state index contributed by atoms with van der Waals surface area (Å²) in [5.41, 5.74) is -2.45. The summed E-state index contributed by atoms with van der Waals surface area (Å²) in [6.45, 7) is 7.63. The molecule has 0 aliphatic heterocycles. The summed E-state index contributed by atoms with van der Waals surface area (Å²) < 4.78 is 10.1. The van der Waals surface area contributed by atoms with Gasteiger partial charge in [-0.05, 0) is 0 Å². The van der Waals surface area contributed by atoms with Crippen molar-refractivity contribution in [1.29, 1.82) is 0 Å². The van der Waals surface area contributed by atoms with Crippen LogP contribution in [0.2, 0.25) is 0 Å². The van der Waals surface area contributed by atoms with Gasteiger partial charge in [0.15, 0.2) is 0 Å². The molecule has 0 rings (SSSR count). The van der Waals surface area contributed by atoms with Gasteiger partial charge in [-0.1, -0.05) is 24.0 Å². The maximum absolute atomic E-state index is 5.03. The van der Waals surface area contributed by atoms with Crippen molar-refractivity contribution in [3.8, 4) is 0 Å². The van der Waals surface area contributed by atoms with Crippen molar-refractivity contribution in [2.75, 3.05) is 13.2 Å². The zero-order valence-electron chi connectivity index (χ0n) is 7.06. The van der Waals surface area contributed by atoms with Crippen LogP contribution in [0, 0.1) is 0 Å². The molecule has 12 heavy (non-hydrogen) atoms. The fraction of sp³-hybridized carbons (Fsp3) is 0.333. The molecule has 0 aliphatic carbocycles. The monoisotopic (exact) mass is 232 g/mol. The van der Waals surface area contributed by atoms with E-state index in [-0.39, 0.29) is 29.6 Å². The van der Waals surface area contributed by atoms with E-state index in [1.54, 1.807) is 12.2 Å². The molecule has 0 unspecified atom stereocenters. The Labute approximate surface area is 106 Å². The Hall–Kier alpha value is 1.40. The molecule has 0 saturated heterocycles. The second-order valence-corrected chi connectivity index (χ2v) is 6.60. The maximum atomic E-state index is 5.03.